The first-order valence-corrected chi connectivity index (χ1v) is 10.2. The Balaban J connectivity index is 1.60. The molecule has 0 bridgehead atoms. The molecule has 0 aliphatic carbocycles. The molecule has 2 amide bonds. The van der Waals surface area contributed by atoms with E-state index in [0.717, 1.165) is 54.1 Å². The van der Waals surface area contributed by atoms with E-state index < -0.39 is 0 Å². The molecule has 3 aromatic rings. The van der Waals surface area contributed by atoms with E-state index >= 15 is 0 Å². The Hall–Kier alpha value is -3.15. The monoisotopic (exact) mass is 389 g/mol. The zero-order chi connectivity index (χ0) is 20.2. The van der Waals surface area contributed by atoms with Crippen molar-refractivity contribution in [2.45, 2.75) is 52.6 Å². The summed E-state index contributed by atoms with van der Waals surface area (Å²) in [5, 5.41) is 7.69. The fourth-order valence-electron chi connectivity index (χ4n) is 3.64. The van der Waals surface area contributed by atoms with Gasteiger partial charge in [-0.05, 0) is 56.5 Å². The van der Waals surface area contributed by atoms with Crippen LogP contribution in [-0.2, 0) is 19.5 Å². The third kappa shape index (κ3) is 4.65. The molecule has 1 aliphatic rings. The van der Waals surface area contributed by atoms with Crippen LogP contribution in [0.5, 0.6) is 0 Å². The first kappa shape index (κ1) is 19.2. The van der Waals surface area contributed by atoms with Gasteiger partial charge in [-0.3, -0.25) is 4.90 Å². The molecule has 29 heavy (non-hydrogen) atoms. The number of carbonyl (C=O) groups is 1. The van der Waals surface area contributed by atoms with Crippen molar-refractivity contribution in [2.75, 3.05) is 10.2 Å². The molecular weight excluding hydrogens is 362 g/mol. The number of hydrogen-bond acceptors (Lipinski definition) is 3. The Kier molecular flexibility index (Phi) is 5.60. The smallest absolute Gasteiger partial charge is 0.308 e. The fourth-order valence-corrected chi connectivity index (χ4v) is 3.64. The van der Waals surface area contributed by atoms with Crippen molar-refractivity contribution in [3.63, 3.8) is 0 Å². The largest absolute Gasteiger partial charge is 0.326 e. The van der Waals surface area contributed by atoms with Gasteiger partial charge >= 0.3 is 6.03 Å². The van der Waals surface area contributed by atoms with E-state index in [1.165, 1.54) is 6.42 Å². The molecule has 0 radical (unpaired) electrons. The third-order valence-electron chi connectivity index (χ3n) is 5.22. The topological polar surface area (TPSA) is 63.1 Å². The first-order valence-electron chi connectivity index (χ1n) is 10.2. The Morgan fingerprint density at radius 2 is 1.90 bits per heavy atom. The van der Waals surface area contributed by atoms with E-state index in [2.05, 4.69) is 10.4 Å². The van der Waals surface area contributed by atoms with E-state index in [1.54, 1.807) is 4.90 Å². The van der Waals surface area contributed by atoms with E-state index in [1.807, 2.05) is 67.1 Å². The molecule has 150 valence electrons. The lowest BCUT2D eigenvalue weighted by Crippen LogP contribution is -2.35. The number of rotatable bonds is 4. The number of fused-ring (bicyclic) bond motifs is 1. The van der Waals surface area contributed by atoms with Gasteiger partial charge in [0.15, 0.2) is 5.82 Å². The minimum atomic E-state index is -0.190. The fraction of sp³-hybridized carbons (Fsp3) is 0.348. The van der Waals surface area contributed by atoms with Crippen molar-refractivity contribution in [2.24, 2.45) is 0 Å². The molecule has 4 rings (SSSR count). The minimum Gasteiger partial charge on any atom is -0.308 e. The Labute approximate surface area is 171 Å². The van der Waals surface area contributed by atoms with Crippen molar-refractivity contribution in [3.8, 4) is 0 Å². The average Bonchev–Trinajstić information content (AvgIpc) is 2.95. The van der Waals surface area contributed by atoms with Crippen molar-refractivity contribution in [3.05, 3.63) is 71.3 Å². The number of nitrogens with zero attached hydrogens (tertiary/aromatic N) is 4. The standard InChI is InChI=1S/C23H27N5O/c1-17-10-12-20(13-11-17)27(23(29)24-19-8-6-7-18(2)15-19)16-21-25-22-9-4-3-5-14-28(22)26-21/h6-8,10-13,15H,3-5,9,14,16H2,1-2H3,(H,24,29). The van der Waals surface area contributed by atoms with Crippen LogP contribution in [0.1, 0.15) is 42.0 Å². The molecule has 0 saturated heterocycles. The van der Waals surface area contributed by atoms with Crippen LogP contribution in [0.25, 0.3) is 0 Å². The summed E-state index contributed by atoms with van der Waals surface area (Å²) < 4.78 is 2.01. The van der Waals surface area contributed by atoms with Gasteiger partial charge in [0.2, 0.25) is 0 Å². The van der Waals surface area contributed by atoms with Crippen LogP contribution in [0.4, 0.5) is 16.2 Å². The number of carbonyl (C=O) groups excluding carboxylic acids is 1. The van der Waals surface area contributed by atoms with Crippen LogP contribution in [0.2, 0.25) is 0 Å². The van der Waals surface area contributed by atoms with Crippen molar-refractivity contribution in [1.29, 1.82) is 0 Å². The maximum atomic E-state index is 13.2. The van der Waals surface area contributed by atoms with E-state index in [0.29, 0.717) is 12.4 Å². The minimum absolute atomic E-state index is 0.190. The number of aromatic nitrogens is 3. The summed E-state index contributed by atoms with van der Waals surface area (Å²) in [5.74, 6) is 1.71. The van der Waals surface area contributed by atoms with Gasteiger partial charge in [-0.25, -0.2) is 14.5 Å². The maximum Gasteiger partial charge on any atom is 0.326 e. The van der Waals surface area contributed by atoms with Crippen LogP contribution < -0.4 is 10.2 Å². The molecule has 1 aliphatic heterocycles. The highest BCUT2D eigenvalue weighted by atomic mass is 16.2. The summed E-state index contributed by atoms with van der Waals surface area (Å²) in [6.45, 7) is 5.29. The average molecular weight is 390 g/mol. The van der Waals surface area contributed by atoms with Crippen molar-refractivity contribution >= 4 is 17.4 Å². The molecule has 1 aromatic heterocycles. The lowest BCUT2D eigenvalue weighted by Gasteiger charge is -2.22. The lowest BCUT2D eigenvalue weighted by molar-refractivity contribution is 0.256. The highest BCUT2D eigenvalue weighted by Crippen LogP contribution is 2.21. The van der Waals surface area contributed by atoms with Crippen molar-refractivity contribution < 1.29 is 4.79 Å². The highest BCUT2D eigenvalue weighted by molar-refractivity contribution is 6.01. The number of hydrogen-bond donors (Lipinski definition) is 1. The number of anilines is 2. The SMILES string of the molecule is Cc1ccc(N(Cc2nc3n(n2)CCCCC3)C(=O)Nc2cccc(C)c2)cc1. The Morgan fingerprint density at radius 1 is 1.07 bits per heavy atom. The maximum absolute atomic E-state index is 13.2. The van der Waals surface area contributed by atoms with Gasteiger partial charge < -0.3 is 5.32 Å². The van der Waals surface area contributed by atoms with E-state index in [4.69, 9.17) is 4.98 Å². The quantitative estimate of drug-likeness (QED) is 0.693. The summed E-state index contributed by atoms with van der Waals surface area (Å²) in [6, 6.07) is 15.6. The highest BCUT2D eigenvalue weighted by Gasteiger charge is 2.21. The zero-order valence-corrected chi connectivity index (χ0v) is 17.1. The Bertz CT molecular complexity index is 969. The van der Waals surface area contributed by atoms with Crippen LogP contribution >= 0.6 is 0 Å². The number of amides is 2. The van der Waals surface area contributed by atoms with Gasteiger partial charge in [-0.1, -0.05) is 36.2 Å². The second kappa shape index (κ2) is 8.47. The second-order valence-corrected chi connectivity index (χ2v) is 7.70. The summed E-state index contributed by atoms with van der Waals surface area (Å²) in [4.78, 5) is 19.6. The van der Waals surface area contributed by atoms with Crippen LogP contribution in [-0.4, -0.2) is 20.8 Å². The molecule has 0 spiro atoms. The molecule has 0 fully saturated rings. The van der Waals surface area contributed by atoms with E-state index in [-0.39, 0.29) is 6.03 Å². The molecule has 0 saturated carbocycles. The lowest BCUT2D eigenvalue weighted by atomic mass is 10.2. The molecule has 2 aromatic carbocycles. The van der Waals surface area contributed by atoms with Gasteiger partial charge in [0.25, 0.3) is 0 Å². The summed E-state index contributed by atoms with van der Waals surface area (Å²) in [6.07, 6.45) is 4.45. The molecule has 1 N–H and O–H groups in total. The second-order valence-electron chi connectivity index (χ2n) is 7.70. The van der Waals surface area contributed by atoms with Gasteiger partial charge in [-0.2, -0.15) is 5.10 Å². The normalized spacial score (nSPS) is 13.4. The van der Waals surface area contributed by atoms with Gasteiger partial charge in [-0.15, -0.1) is 0 Å². The first-order chi connectivity index (χ1) is 14.1. The van der Waals surface area contributed by atoms with Crippen LogP contribution in [0.15, 0.2) is 48.5 Å². The van der Waals surface area contributed by atoms with Gasteiger partial charge in [0.1, 0.15) is 5.82 Å². The Morgan fingerprint density at radius 3 is 2.69 bits per heavy atom. The number of aryl methyl sites for hydroxylation is 4. The van der Waals surface area contributed by atoms with Crippen LogP contribution in [0, 0.1) is 13.8 Å². The number of nitrogens with one attached hydrogen (secondary N) is 1. The summed E-state index contributed by atoms with van der Waals surface area (Å²) >= 11 is 0. The molecule has 6 heteroatoms. The molecule has 6 nitrogen and oxygen atoms in total. The van der Waals surface area contributed by atoms with Gasteiger partial charge in [0.05, 0.1) is 6.54 Å². The third-order valence-corrected chi connectivity index (χ3v) is 5.22. The molecular formula is C23H27N5O. The van der Waals surface area contributed by atoms with E-state index in [9.17, 15) is 4.79 Å². The van der Waals surface area contributed by atoms with Crippen LogP contribution in [0.3, 0.4) is 0 Å². The summed E-state index contributed by atoms with van der Waals surface area (Å²) in [5.41, 5.74) is 3.86. The molecule has 0 unspecified atom stereocenters. The predicted octanol–water partition coefficient (Wildman–Crippen LogP) is 4.86. The number of urea groups is 1. The zero-order valence-electron chi connectivity index (χ0n) is 17.1. The number of benzene rings is 2. The van der Waals surface area contributed by atoms with Crippen molar-refractivity contribution in [1.82, 2.24) is 14.8 Å². The molecule has 2 heterocycles. The predicted molar refractivity (Wildman–Crippen MR) is 115 cm³/mol. The van der Waals surface area contributed by atoms with Gasteiger partial charge in [0, 0.05) is 24.3 Å². The summed E-state index contributed by atoms with van der Waals surface area (Å²) in [7, 11) is 0. The molecule has 0 atom stereocenters.